The van der Waals surface area contributed by atoms with E-state index in [2.05, 4.69) is 0 Å². The van der Waals surface area contributed by atoms with Gasteiger partial charge in [-0.05, 0) is 38.1 Å². The molecule has 3 heteroatoms. The number of nitrogens with zero attached hydrogens (tertiary/aromatic N) is 1. The van der Waals surface area contributed by atoms with Crippen molar-refractivity contribution in [2.24, 2.45) is 0 Å². The minimum atomic E-state index is -0.658. The maximum absolute atomic E-state index is 12.7. The van der Waals surface area contributed by atoms with Gasteiger partial charge in [0.1, 0.15) is 5.82 Å². The summed E-state index contributed by atoms with van der Waals surface area (Å²) in [4.78, 5) is 2.04. The highest BCUT2D eigenvalue weighted by Crippen LogP contribution is 2.12. The fourth-order valence-corrected chi connectivity index (χ4v) is 1.65. The first kappa shape index (κ1) is 13.1. The Hall–Kier alpha value is -0.930. The normalized spacial score (nSPS) is 15.1. The highest BCUT2D eigenvalue weighted by atomic mass is 19.1. The van der Waals surface area contributed by atoms with Crippen molar-refractivity contribution in [2.75, 3.05) is 13.6 Å². The molecule has 0 aromatic heterocycles. The largest absolute Gasteiger partial charge is 0.389 e. The third-order valence-corrected chi connectivity index (χ3v) is 2.74. The van der Waals surface area contributed by atoms with E-state index in [1.165, 1.54) is 12.1 Å². The van der Waals surface area contributed by atoms with Crippen LogP contribution in [0.15, 0.2) is 24.3 Å². The van der Waals surface area contributed by atoms with Gasteiger partial charge in [-0.25, -0.2) is 4.39 Å². The second kappa shape index (κ2) is 5.41. The number of likely N-dealkylation sites (N-methyl/N-ethyl adjacent to an activating group) is 1. The van der Waals surface area contributed by atoms with Gasteiger partial charge < -0.3 is 5.11 Å². The van der Waals surface area contributed by atoms with Crippen LogP contribution in [0.5, 0.6) is 0 Å². The zero-order chi connectivity index (χ0) is 12.2. The van der Waals surface area contributed by atoms with Crippen LogP contribution < -0.4 is 0 Å². The number of hydrogen-bond acceptors (Lipinski definition) is 2. The summed E-state index contributed by atoms with van der Waals surface area (Å²) in [6.07, 6.45) is 0.723. The number of benzene rings is 1. The monoisotopic (exact) mass is 225 g/mol. The van der Waals surface area contributed by atoms with Gasteiger partial charge >= 0.3 is 0 Å². The summed E-state index contributed by atoms with van der Waals surface area (Å²) in [5, 5.41) is 9.91. The summed E-state index contributed by atoms with van der Waals surface area (Å²) in [5.74, 6) is -0.216. The minimum Gasteiger partial charge on any atom is -0.389 e. The van der Waals surface area contributed by atoms with Crippen LogP contribution in [0.3, 0.4) is 0 Å². The first-order valence-corrected chi connectivity index (χ1v) is 5.58. The Morgan fingerprint density at radius 1 is 1.31 bits per heavy atom. The van der Waals surface area contributed by atoms with E-state index in [0.717, 1.165) is 18.5 Å². The maximum Gasteiger partial charge on any atom is 0.123 e. The van der Waals surface area contributed by atoms with Crippen molar-refractivity contribution in [3.8, 4) is 0 Å². The van der Waals surface area contributed by atoms with Crippen LogP contribution in [-0.4, -0.2) is 29.2 Å². The van der Waals surface area contributed by atoms with Crippen LogP contribution in [-0.2, 0) is 6.54 Å². The molecule has 0 saturated carbocycles. The second-order valence-corrected chi connectivity index (χ2v) is 4.65. The van der Waals surface area contributed by atoms with Crippen molar-refractivity contribution >= 4 is 0 Å². The standard InChI is InChI=1S/C13H20FNO/c1-4-13(2,16)10-15(3)9-11-5-7-12(14)8-6-11/h5-8,16H,4,9-10H2,1-3H3. The van der Waals surface area contributed by atoms with E-state index in [4.69, 9.17) is 0 Å². The molecular formula is C13H20FNO. The zero-order valence-electron chi connectivity index (χ0n) is 10.2. The fourth-order valence-electron chi connectivity index (χ4n) is 1.65. The molecule has 0 spiro atoms. The Kier molecular flexibility index (Phi) is 4.44. The number of aliphatic hydroxyl groups is 1. The molecule has 0 aliphatic carbocycles. The van der Waals surface area contributed by atoms with Crippen LogP contribution in [0.2, 0.25) is 0 Å². The van der Waals surface area contributed by atoms with E-state index in [-0.39, 0.29) is 5.82 Å². The number of halogens is 1. The van der Waals surface area contributed by atoms with Gasteiger partial charge in [-0.3, -0.25) is 4.90 Å². The second-order valence-electron chi connectivity index (χ2n) is 4.65. The van der Waals surface area contributed by atoms with Crippen LogP contribution in [0.4, 0.5) is 4.39 Å². The number of hydrogen-bond donors (Lipinski definition) is 1. The van der Waals surface area contributed by atoms with Crippen molar-refractivity contribution in [1.82, 2.24) is 4.90 Å². The summed E-state index contributed by atoms with van der Waals surface area (Å²) >= 11 is 0. The average molecular weight is 225 g/mol. The Morgan fingerprint density at radius 3 is 2.38 bits per heavy atom. The van der Waals surface area contributed by atoms with E-state index in [1.807, 2.05) is 25.8 Å². The molecule has 1 atom stereocenters. The van der Waals surface area contributed by atoms with Crippen molar-refractivity contribution in [1.29, 1.82) is 0 Å². The van der Waals surface area contributed by atoms with Gasteiger partial charge in [-0.15, -0.1) is 0 Å². The fraction of sp³-hybridized carbons (Fsp3) is 0.538. The molecule has 1 rings (SSSR count). The summed E-state index contributed by atoms with van der Waals surface area (Å²) in [6.45, 7) is 5.12. The molecule has 0 heterocycles. The van der Waals surface area contributed by atoms with Gasteiger partial charge in [0, 0.05) is 13.1 Å². The average Bonchev–Trinajstić information content (AvgIpc) is 2.21. The Morgan fingerprint density at radius 2 is 1.88 bits per heavy atom. The van der Waals surface area contributed by atoms with Gasteiger partial charge in [0.05, 0.1) is 5.60 Å². The molecule has 1 N–H and O–H groups in total. The van der Waals surface area contributed by atoms with Crippen LogP contribution in [0.25, 0.3) is 0 Å². The Labute approximate surface area is 96.7 Å². The van der Waals surface area contributed by atoms with E-state index in [9.17, 15) is 9.50 Å². The van der Waals surface area contributed by atoms with Crippen molar-refractivity contribution in [2.45, 2.75) is 32.4 Å². The van der Waals surface area contributed by atoms with Crippen LogP contribution in [0.1, 0.15) is 25.8 Å². The molecule has 0 saturated heterocycles. The third-order valence-electron chi connectivity index (χ3n) is 2.74. The van der Waals surface area contributed by atoms with Crippen molar-refractivity contribution in [3.63, 3.8) is 0 Å². The summed E-state index contributed by atoms with van der Waals surface area (Å²) in [6, 6.07) is 6.46. The topological polar surface area (TPSA) is 23.5 Å². The molecule has 0 radical (unpaired) electrons. The molecule has 16 heavy (non-hydrogen) atoms. The van der Waals surface area contributed by atoms with E-state index in [1.54, 1.807) is 12.1 Å². The molecule has 1 aromatic rings. The Bertz CT molecular complexity index is 321. The molecule has 0 amide bonds. The molecule has 1 unspecified atom stereocenters. The van der Waals surface area contributed by atoms with E-state index < -0.39 is 5.60 Å². The zero-order valence-corrected chi connectivity index (χ0v) is 10.2. The smallest absolute Gasteiger partial charge is 0.123 e. The van der Waals surface area contributed by atoms with Gasteiger partial charge in [0.2, 0.25) is 0 Å². The quantitative estimate of drug-likeness (QED) is 0.832. The van der Waals surface area contributed by atoms with Gasteiger partial charge in [0.15, 0.2) is 0 Å². The molecule has 0 fully saturated rings. The molecular weight excluding hydrogens is 205 g/mol. The van der Waals surface area contributed by atoms with E-state index >= 15 is 0 Å². The SMILES string of the molecule is CCC(C)(O)CN(C)Cc1ccc(F)cc1. The predicted octanol–water partition coefficient (Wildman–Crippen LogP) is 2.42. The maximum atomic E-state index is 12.7. The number of rotatable bonds is 5. The lowest BCUT2D eigenvalue weighted by atomic mass is 10.0. The lowest BCUT2D eigenvalue weighted by Gasteiger charge is -2.28. The third kappa shape index (κ3) is 4.29. The van der Waals surface area contributed by atoms with Crippen molar-refractivity contribution in [3.05, 3.63) is 35.6 Å². The molecule has 0 bridgehead atoms. The van der Waals surface area contributed by atoms with Gasteiger partial charge in [0.25, 0.3) is 0 Å². The van der Waals surface area contributed by atoms with Gasteiger partial charge in [-0.1, -0.05) is 19.1 Å². The summed E-state index contributed by atoms with van der Waals surface area (Å²) < 4.78 is 12.7. The molecule has 0 aliphatic rings. The summed E-state index contributed by atoms with van der Waals surface area (Å²) in [5.41, 5.74) is 0.394. The molecule has 2 nitrogen and oxygen atoms in total. The molecule has 1 aromatic carbocycles. The van der Waals surface area contributed by atoms with Crippen molar-refractivity contribution < 1.29 is 9.50 Å². The van der Waals surface area contributed by atoms with Gasteiger partial charge in [-0.2, -0.15) is 0 Å². The molecule has 90 valence electrons. The highest BCUT2D eigenvalue weighted by Gasteiger charge is 2.19. The Balaban J connectivity index is 2.51. The van der Waals surface area contributed by atoms with E-state index in [0.29, 0.717) is 6.54 Å². The van der Waals surface area contributed by atoms with Crippen LogP contribution in [0, 0.1) is 5.82 Å². The first-order chi connectivity index (χ1) is 7.43. The lowest BCUT2D eigenvalue weighted by molar-refractivity contribution is 0.0217. The van der Waals surface area contributed by atoms with Crippen LogP contribution >= 0.6 is 0 Å². The first-order valence-electron chi connectivity index (χ1n) is 5.58. The minimum absolute atomic E-state index is 0.216. The highest BCUT2D eigenvalue weighted by molar-refractivity contribution is 5.15. The predicted molar refractivity (Wildman–Crippen MR) is 63.6 cm³/mol. The summed E-state index contributed by atoms with van der Waals surface area (Å²) in [7, 11) is 1.95. The lowest BCUT2D eigenvalue weighted by Crippen LogP contribution is -2.37. The molecule has 0 aliphatic heterocycles.